The van der Waals surface area contributed by atoms with Gasteiger partial charge in [-0.3, -0.25) is 13.9 Å². The number of benzene rings is 3. The first-order valence-corrected chi connectivity index (χ1v) is 14.9. The maximum atomic E-state index is 13.9. The molecule has 39 heavy (non-hydrogen) atoms. The van der Waals surface area contributed by atoms with Crippen molar-refractivity contribution in [2.45, 2.75) is 50.7 Å². The summed E-state index contributed by atoms with van der Waals surface area (Å²) in [5, 5.41) is 2.93. The van der Waals surface area contributed by atoms with E-state index in [9.17, 15) is 18.0 Å². The van der Waals surface area contributed by atoms with Crippen LogP contribution in [0.4, 0.5) is 5.69 Å². The smallest absolute Gasteiger partial charge is 0.264 e. The van der Waals surface area contributed by atoms with Gasteiger partial charge in [-0.1, -0.05) is 53.2 Å². The Morgan fingerprint density at radius 1 is 0.949 bits per heavy atom. The van der Waals surface area contributed by atoms with Gasteiger partial charge < -0.3 is 15.0 Å². The summed E-state index contributed by atoms with van der Waals surface area (Å²) in [7, 11) is -2.59. The summed E-state index contributed by atoms with van der Waals surface area (Å²) in [6, 6.07) is 20.9. The van der Waals surface area contributed by atoms with Gasteiger partial charge in [-0.05, 0) is 74.4 Å². The van der Waals surface area contributed by atoms with Crippen LogP contribution in [0.25, 0.3) is 0 Å². The SMILES string of the molecule is CC[C@H](C)NC(=O)[C@@H](C)N(Cc1ccc(Br)cc1)C(=O)CN(c1ccc(OC)cc1)S(=O)(=O)c1ccccc1. The van der Waals surface area contributed by atoms with Gasteiger partial charge in [0.2, 0.25) is 11.8 Å². The standard InChI is InChI=1S/C29H34BrN3O5S/c1-5-21(2)31-29(35)22(3)32(19-23-11-13-24(30)14-12-23)28(34)20-33(25-15-17-26(38-4)18-16-25)39(36,37)27-9-7-6-8-10-27/h6-18,21-22H,5,19-20H2,1-4H3,(H,31,35)/t21-,22+/m0/s1. The lowest BCUT2D eigenvalue weighted by Gasteiger charge is -2.32. The number of nitrogens with zero attached hydrogens (tertiary/aromatic N) is 2. The van der Waals surface area contributed by atoms with Crippen LogP contribution < -0.4 is 14.4 Å². The summed E-state index contributed by atoms with van der Waals surface area (Å²) < 4.78 is 34.7. The monoisotopic (exact) mass is 615 g/mol. The molecule has 1 N–H and O–H groups in total. The van der Waals surface area contributed by atoms with E-state index >= 15 is 0 Å². The molecule has 8 nitrogen and oxygen atoms in total. The van der Waals surface area contributed by atoms with Crippen molar-refractivity contribution >= 4 is 43.5 Å². The van der Waals surface area contributed by atoms with Gasteiger partial charge in [0.1, 0.15) is 18.3 Å². The molecule has 2 amide bonds. The molecule has 208 valence electrons. The molecule has 3 aromatic carbocycles. The Morgan fingerprint density at radius 3 is 2.13 bits per heavy atom. The number of nitrogens with one attached hydrogen (secondary N) is 1. The van der Waals surface area contributed by atoms with Crippen LogP contribution in [0.3, 0.4) is 0 Å². The Labute approximate surface area is 239 Å². The first-order chi connectivity index (χ1) is 18.6. The van der Waals surface area contributed by atoms with E-state index in [1.807, 2.05) is 38.1 Å². The summed E-state index contributed by atoms with van der Waals surface area (Å²) in [5.41, 5.74) is 1.10. The average Bonchev–Trinajstić information content (AvgIpc) is 2.95. The fourth-order valence-electron chi connectivity index (χ4n) is 3.83. The van der Waals surface area contributed by atoms with Crippen molar-refractivity contribution in [1.82, 2.24) is 10.2 Å². The van der Waals surface area contributed by atoms with Crippen molar-refractivity contribution in [3.8, 4) is 5.75 Å². The van der Waals surface area contributed by atoms with Crippen molar-refractivity contribution in [3.05, 3.63) is 88.9 Å². The van der Waals surface area contributed by atoms with Crippen molar-refractivity contribution in [3.63, 3.8) is 0 Å². The molecule has 2 atom stereocenters. The van der Waals surface area contributed by atoms with Gasteiger partial charge in [0.15, 0.2) is 0 Å². The molecule has 0 aromatic heterocycles. The highest BCUT2D eigenvalue weighted by molar-refractivity contribution is 9.10. The van der Waals surface area contributed by atoms with E-state index in [1.165, 1.54) is 24.1 Å². The summed E-state index contributed by atoms with van der Waals surface area (Å²) in [4.78, 5) is 28.5. The third-order valence-electron chi connectivity index (χ3n) is 6.40. The summed E-state index contributed by atoms with van der Waals surface area (Å²) >= 11 is 3.41. The number of hydrogen-bond donors (Lipinski definition) is 1. The first-order valence-electron chi connectivity index (χ1n) is 12.6. The van der Waals surface area contributed by atoms with E-state index in [0.717, 1.165) is 20.8 Å². The number of carbonyl (C=O) groups excluding carboxylic acids is 2. The van der Waals surface area contributed by atoms with Crippen LogP contribution in [0.15, 0.2) is 88.2 Å². The number of rotatable bonds is 12. The van der Waals surface area contributed by atoms with E-state index in [1.54, 1.807) is 49.4 Å². The molecular weight excluding hydrogens is 582 g/mol. The van der Waals surface area contributed by atoms with E-state index < -0.39 is 28.5 Å². The maximum Gasteiger partial charge on any atom is 0.264 e. The topological polar surface area (TPSA) is 96.0 Å². The van der Waals surface area contributed by atoms with Crippen LogP contribution in [0, 0.1) is 0 Å². The van der Waals surface area contributed by atoms with E-state index in [-0.39, 0.29) is 23.4 Å². The number of ether oxygens (including phenoxy) is 1. The molecule has 3 aromatic rings. The largest absolute Gasteiger partial charge is 0.497 e. The Hall–Kier alpha value is -3.37. The molecule has 0 unspecified atom stereocenters. The number of carbonyl (C=O) groups is 2. The number of amides is 2. The first kappa shape index (κ1) is 30.2. The molecule has 0 bridgehead atoms. The fourth-order valence-corrected chi connectivity index (χ4v) is 5.53. The highest BCUT2D eigenvalue weighted by atomic mass is 79.9. The van der Waals surface area contributed by atoms with E-state index in [2.05, 4.69) is 21.2 Å². The molecule has 0 aliphatic heterocycles. The fraction of sp³-hybridized carbons (Fsp3) is 0.310. The molecular formula is C29H34BrN3O5S. The second-order valence-corrected chi connectivity index (χ2v) is 11.9. The number of halogens is 1. The molecule has 0 spiro atoms. The van der Waals surface area contributed by atoms with Crippen LogP contribution in [-0.2, 0) is 26.2 Å². The quantitative estimate of drug-likeness (QED) is 0.310. The predicted octanol–water partition coefficient (Wildman–Crippen LogP) is 4.99. The molecule has 0 radical (unpaired) electrons. The molecule has 0 aliphatic rings. The molecule has 10 heteroatoms. The molecule has 0 heterocycles. The Balaban J connectivity index is 2.01. The molecule has 0 saturated heterocycles. The highest BCUT2D eigenvalue weighted by Gasteiger charge is 2.32. The molecule has 0 aliphatic carbocycles. The van der Waals surface area contributed by atoms with Crippen molar-refractivity contribution in [1.29, 1.82) is 0 Å². The van der Waals surface area contributed by atoms with Gasteiger partial charge in [0, 0.05) is 17.1 Å². The maximum absolute atomic E-state index is 13.9. The van der Waals surface area contributed by atoms with Crippen molar-refractivity contribution < 1.29 is 22.7 Å². The number of methoxy groups -OCH3 is 1. The molecule has 0 fully saturated rings. The second-order valence-electron chi connectivity index (χ2n) is 9.16. The normalized spacial score (nSPS) is 12.7. The lowest BCUT2D eigenvalue weighted by atomic mass is 10.1. The van der Waals surface area contributed by atoms with Crippen LogP contribution in [-0.4, -0.2) is 50.9 Å². The highest BCUT2D eigenvalue weighted by Crippen LogP contribution is 2.26. The summed E-state index contributed by atoms with van der Waals surface area (Å²) in [6.45, 7) is 5.13. The lowest BCUT2D eigenvalue weighted by Crippen LogP contribution is -2.52. The second kappa shape index (κ2) is 13.6. The van der Waals surface area contributed by atoms with Gasteiger partial charge >= 0.3 is 0 Å². The molecule has 3 rings (SSSR count). The van der Waals surface area contributed by atoms with Crippen LogP contribution in [0.1, 0.15) is 32.8 Å². The minimum Gasteiger partial charge on any atom is -0.497 e. The predicted molar refractivity (Wildman–Crippen MR) is 156 cm³/mol. The Morgan fingerprint density at radius 2 is 1.56 bits per heavy atom. The Bertz CT molecular complexity index is 1350. The van der Waals surface area contributed by atoms with Crippen LogP contribution in [0.2, 0.25) is 0 Å². The summed E-state index contributed by atoms with van der Waals surface area (Å²) in [6.07, 6.45) is 0.736. The number of sulfonamides is 1. The third kappa shape index (κ3) is 7.83. The van der Waals surface area contributed by atoms with Crippen molar-refractivity contribution in [2.24, 2.45) is 0 Å². The van der Waals surface area contributed by atoms with E-state index in [4.69, 9.17) is 4.74 Å². The lowest BCUT2D eigenvalue weighted by molar-refractivity contribution is -0.139. The minimum atomic E-state index is -4.11. The van der Waals surface area contributed by atoms with Gasteiger partial charge in [-0.25, -0.2) is 8.42 Å². The zero-order chi connectivity index (χ0) is 28.6. The van der Waals surface area contributed by atoms with E-state index in [0.29, 0.717) is 11.4 Å². The van der Waals surface area contributed by atoms with Gasteiger partial charge in [-0.2, -0.15) is 0 Å². The molecule has 0 saturated carbocycles. The number of anilines is 1. The zero-order valence-electron chi connectivity index (χ0n) is 22.5. The van der Waals surface area contributed by atoms with Crippen LogP contribution >= 0.6 is 15.9 Å². The van der Waals surface area contributed by atoms with Gasteiger partial charge in [-0.15, -0.1) is 0 Å². The third-order valence-corrected chi connectivity index (χ3v) is 8.72. The van der Waals surface area contributed by atoms with Crippen molar-refractivity contribution in [2.75, 3.05) is 18.0 Å². The minimum absolute atomic E-state index is 0.0515. The van der Waals surface area contributed by atoms with Crippen LogP contribution in [0.5, 0.6) is 5.75 Å². The van der Waals surface area contributed by atoms with Gasteiger partial charge in [0.25, 0.3) is 10.0 Å². The number of hydrogen-bond acceptors (Lipinski definition) is 5. The summed E-state index contributed by atoms with van der Waals surface area (Å²) in [5.74, 6) is -0.272. The van der Waals surface area contributed by atoms with Gasteiger partial charge in [0.05, 0.1) is 17.7 Å². The zero-order valence-corrected chi connectivity index (χ0v) is 24.9. The average molecular weight is 617 g/mol. The Kier molecular flexibility index (Phi) is 10.5.